The summed E-state index contributed by atoms with van der Waals surface area (Å²) in [6.07, 6.45) is 1.97. The molecule has 102 valence electrons. The Labute approximate surface area is 115 Å². The Morgan fingerprint density at radius 2 is 2.00 bits per heavy atom. The number of nitrogens with zero attached hydrogens (tertiary/aromatic N) is 2. The lowest BCUT2D eigenvalue weighted by atomic mass is 10.0. The van der Waals surface area contributed by atoms with E-state index in [1.165, 1.54) is 16.8 Å². The van der Waals surface area contributed by atoms with Crippen LogP contribution in [0.2, 0.25) is 0 Å². The maximum Gasteiger partial charge on any atom is 0.0537 e. The van der Waals surface area contributed by atoms with Crippen molar-refractivity contribution < 1.29 is 0 Å². The van der Waals surface area contributed by atoms with Crippen LogP contribution in [0, 0.1) is 6.92 Å². The summed E-state index contributed by atoms with van der Waals surface area (Å²) in [6.45, 7) is 9.32. The summed E-state index contributed by atoms with van der Waals surface area (Å²) in [5.41, 5.74) is 3.94. The molecule has 1 N–H and O–H groups in total. The Hall–Kier alpha value is -1.61. The molecule has 0 aliphatic rings. The van der Waals surface area contributed by atoms with Crippen molar-refractivity contribution in [3.8, 4) is 0 Å². The molecule has 0 radical (unpaired) electrons. The third-order valence-corrected chi connectivity index (χ3v) is 3.64. The van der Waals surface area contributed by atoms with Gasteiger partial charge in [0, 0.05) is 30.9 Å². The number of rotatable bonds is 6. The standard InChI is InChI=1S/C16H23N3/c1-4-19-14(3)16(12-18-19)11-17-10-13(2)15-8-6-5-7-9-15/h5-9,12-13,17H,4,10-11H2,1-3H3. The van der Waals surface area contributed by atoms with Crippen LogP contribution < -0.4 is 5.32 Å². The molecule has 0 saturated heterocycles. The molecule has 3 nitrogen and oxygen atoms in total. The van der Waals surface area contributed by atoms with Gasteiger partial charge in [0.1, 0.15) is 0 Å². The van der Waals surface area contributed by atoms with E-state index in [1.54, 1.807) is 0 Å². The molecule has 0 bridgehead atoms. The summed E-state index contributed by atoms with van der Waals surface area (Å²) in [4.78, 5) is 0. The fraction of sp³-hybridized carbons (Fsp3) is 0.438. The minimum absolute atomic E-state index is 0.530. The van der Waals surface area contributed by atoms with E-state index in [4.69, 9.17) is 0 Å². The summed E-state index contributed by atoms with van der Waals surface area (Å²) >= 11 is 0. The Morgan fingerprint density at radius 3 is 2.63 bits per heavy atom. The van der Waals surface area contributed by atoms with Gasteiger partial charge in [0.05, 0.1) is 6.20 Å². The monoisotopic (exact) mass is 257 g/mol. The lowest BCUT2D eigenvalue weighted by molar-refractivity contribution is 0.608. The molecule has 3 heteroatoms. The third-order valence-electron chi connectivity index (χ3n) is 3.64. The molecule has 0 aliphatic carbocycles. The van der Waals surface area contributed by atoms with Crippen LogP contribution in [0.5, 0.6) is 0 Å². The summed E-state index contributed by atoms with van der Waals surface area (Å²) in [5, 5.41) is 7.89. The predicted octanol–water partition coefficient (Wildman–Crippen LogP) is 3.10. The van der Waals surface area contributed by atoms with Crippen molar-refractivity contribution in [3.63, 3.8) is 0 Å². The van der Waals surface area contributed by atoms with E-state index >= 15 is 0 Å². The largest absolute Gasteiger partial charge is 0.312 e. The van der Waals surface area contributed by atoms with Crippen LogP contribution in [0.1, 0.15) is 36.6 Å². The Balaban J connectivity index is 1.85. The Morgan fingerprint density at radius 1 is 1.26 bits per heavy atom. The number of hydrogen-bond donors (Lipinski definition) is 1. The van der Waals surface area contributed by atoms with Gasteiger partial charge in [-0.15, -0.1) is 0 Å². The van der Waals surface area contributed by atoms with Gasteiger partial charge in [-0.1, -0.05) is 37.3 Å². The fourth-order valence-corrected chi connectivity index (χ4v) is 2.30. The molecule has 1 heterocycles. The van der Waals surface area contributed by atoms with E-state index in [2.05, 4.69) is 61.5 Å². The second-order valence-electron chi connectivity index (χ2n) is 5.01. The van der Waals surface area contributed by atoms with Crippen molar-refractivity contribution in [1.82, 2.24) is 15.1 Å². The minimum atomic E-state index is 0.530. The highest BCUT2D eigenvalue weighted by Crippen LogP contribution is 2.13. The van der Waals surface area contributed by atoms with Crippen LogP contribution >= 0.6 is 0 Å². The first-order valence-electron chi connectivity index (χ1n) is 6.99. The quantitative estimate of drug-likeness (QED) is 0.861. The van der Waals surface area contributed by atoms with Crippen LogP contribution in [0.15, 0.2) is 36.5 Å². The van der Waals surface area contributed by atoms with Crippen LogP contribution in [0.25, 0.3) is 0 Å². The second kappa shape index (κ2) is 6.53. The Bertz CT molecular complexity index is 502. The minimum Gasteiger partial charge on any atom is -0.312 e. The maximum atomic E-state index is 4.37. The van der Waals surface area contributed by atoms with Crippen LogP contribution in [0.4, 0.5) is 0 Å². The molecule has 0 amide bonds. The number of aryl methyl sites for hydroxylation is 1. The molecule has 1 atom stereocenters. The van der Waals surface area contributed by atoms with E-state index in [0.717, 1.165) is 19.6 Å². The summed E-state index contributed by atoms with van der Waals surface area (Å²) in [6, 6.07) is 10.6. The van der Waals surface area contributed by atoms with Crippen molar-refractivity contribution >= 4 is 0 Å². The third kappa shape index (κ3) is 3.44. The maximum absolute atomic E-state index is 4.37. The van der Waals surface area contributed by atoms with Crippen molar-refractivity contribution in [3.05, 3.63) is 53.3 Å². The molecule has 1 aromatic carbocycles. The molecule has 0 spiro atoms. The number of hydrogen-bond acceptors (Lipinski definition) is 2. The van der Waals surface area contributed by atoms with E-state index in [9.17, 15) is 0 Å². The topological polar surface area (TPSA) is 29.9 Å². The van der Waals surface area contributed by atoms with E-state index in [0.29, 0.717) is 5.92 Å². The van der Waals surface area contributed by atoms with Crippen molar-refractivity contribution in [2.75, 3.05) is 6.54 Å². The number of aromatic nitrogens is 2. The van der Waals surface area contributed by atoms with Gasteiger partial charge in [0.15, 0.2) is 0 Å². The van der Waals surface area contributed by atoms with Gasteiger partial charge in [0.2, 0.25) is 0 Å². The van der Waals surface area contributed by atoms with Crippen molar-refractivity contribution in [2.24, 2.45) is 0 Å². The zero-order valence-electron chi connectivity index (χ0n) is 12.1. The van der Waals surface area contributed by atoms with Gasteiger partial charge >= 0.3 is 0 Å². The lowest BCUT2D eigenvalue weighted by Gasteiger charge is -2.13. The van der Waals surface area contributed by atoms with Gasteiger partial charge in [0.25, 0.3) is 0 Å². The van der Waals surface area contributed by atoms with Gasteiger partial charge in [-0.3, -0.25) is 4.68 Å². The molecular formula is C16H23N3. The summed E-state index contributed by atoms with van der Waals surface area (Å²) in [5.74, 6) is 0.530. The van der Waals surface area contributed by atoms with E-state index in [-0.39, 0.29) is 0 Å². The van der Waals surface area contributed by atoms with Crippen molar-refractivity contribution in [2.45, 2.75) is 39.8 Å². The molecular weight excluding hydrogens is 234 g/mol. The van der Waals surface area contributed by atoms with E-state index in [1.807, 2.05) is 10.9 Å². The van der Waals surface area contributed by atoms with Crippen LogP contribution in [0.3, 0.4) is 0 Å². The molecule has 0 aliphatic heterocycles. The van der Waals surface area contributed by atoms with E-state index < -0.39 is 0 Å². The Kier molecular flexibility index (Phi) is 4.74. The highest BCUT2D eigenvalue weighted by Gasteiger charge is 2.07. The van der Waals surface area contributed by atoms with Gasteiger partial charge in [-0.2, -0.15) is 5.10 Å². The fourth-order valence-electron chi connectivity index (χ4n) is 2.30. The van der Waals surface area contributed by atoms with Crippen molar-refractivity contribution in [1.29, 1.82) is 0 Å². The normalized spacial score (nSPS) is 12.6. The van der Waals surface area contributed by atoms with Gasteiger partial charge in [-0.25, -0.2) is 0 Å². The second-order valence-corrected chi connectivity index (χ2v) is 5.01. The molecule has 1 unspecified atom stereocenters. The number of nitrogens with one attached hydrogen (secondary N) is 1. The number of benzene rings is 1. The average molecular weight is 257 g/mol. The molecule has 0 fully saturated rings. The molecule has 2 rings (SSSR count). The first-order valence-corrected chi connectivity index (χ1v) is 6.99. The zero-order valence-corrected chi connectivity index (χ0v) is 12.1. The van der Waals surface area contributed by atoms with Crippen LogP contribution in [-0.4, -0.2) is 16.3 Å². The highest BCUT2D eigenvalue weighted by molar-refractivity contribution is 5.19. The van der Waals surface area contributed by atoms with Gasteiger partial charge < -0.3 is 5.32 Å². The molecule has 1 aromatic heterocycles. The molecule has 19 heavy (non-hydrogen) atoms. The zero-order chi connectivity index (χ0) is 13.7. The average Bonchev–Trinajstić information content (AvgIpc) is 2.80. The first kappa shape index (κ1) is 13.8. The summed E-state index contributed by atoms with van der Waals surface area (Å²) < 4.78 is 2.04. The molecule has 2 aromatic rings. The lowest BCUT2D eigenvalue weighted by Crippen LogP contribution is -2.20. The molecule has 0 saturated carbocycles. The van der Waals surface area contributed by atoms with Crippen LogP contribution in [-0.2, 0) is 13.1 Å². The first-order chi connectivity index (χ1) is 9.22. The van der Waals surface area contributed by atoms with Gasteiger partial charge in [-0.05, 0) is 25.3 Å². The predicted molar refractivity (Wildman–Crippen MR) is 79.2 cm³/mol. The SMILES string of the molecule is CCn1ncc(CNCC(C)c2ccccc2)c1C. The smallest absolute Gasteiger partial charge is 0.0537 e. The highest BCUT2D eigenvalue weighted by atomic mass is 15.3. The summed E-state index contributed by atoms with van der Waals surface area (Å²) in [7, 11) is 0.